The number of rotatable bonds is 4. The number of hydrogen-bond acceptors (Lipinski definition) is 5. The molecule has 0 saturated carbocycles. The lowest BCUT2D eigenvalue weighted by atomic mass is 10.1. The number of methoxy groups -OCH3 is 1. The zero-order valence-corrected chi connectivity index (χ0v) is 12.5. The summed E-state index contributed by atoms with van der Waals surface area (Å²) in [5.41, 5.74) is 0.937. The van der Waals surface area contributed by atoms with Crippen LogP contribution in [0.2, 0.25) is 0 Å². The average molecular weight is 297 g/mol. The minimum atomic E-state index is -3.16. The van der Waals surface area contributed by atoms with Crippen LogP contribution in [0.4, 0.5) is 5.69 Å². The Kier molecular flexibility index (Phi) is 4.32. The van der Waals surface area contributed by atoms with Crippen LogP contribution in [-0.4, -0.2) is 40.3 Å². The number of carbonyl (C=O) groups excluding carboxylic acids is 1. The van der Waals surface area contributed by atoms with Crippen molar-refractivity contribution < 1.29 is 17.9 Å². The molecule has 1 atom stereocenters. The van der Waals surface area contributed by atoms with Crippen molar-refractivity contribution in [3.63, 3.8) is 0 Å². The zero-order valence-electron chi connectivity index (χ0n) is 11.7. The molecule has 0 radical (unpaired) electrons. The fourth-order valence-electron chi connectivity index (χ4n) is 2.38. The number of anilines is 1. The highest BCUT2D eigenvalue weighted by atomic mass is 32.2. The Morgan fingerprint density at radius 3 is 2.55 bits per heavy atom. The molecule has 1 saturated heterocycles. The molecule has 1 aliphatic rings. The molecule has 2 rings (SSSR count). The lowest BCUT2D eigenvalue weighted by Crippen LogP contribution is -2.23. The SMILES string of the molecule is CCS(=O)(=O)c1ccc(N2CCC(C(=O)OC)C2)cc1. The smallest absolute Gasteiger partial charge is 0.310 e. The van der Waals surface area contributed by atoms with Crippen molar-refractivity contribution in [1.82, 2.24) is 0 Å². The lowest BCUT2D eigenvalue weighted by molar-refractivity contribution is -0.144. The van der Waals surface area contributed by atoms with Gasteiger partial charge in [0.25, 0.3) is 0 Å². The molecule has 1 fully saturated rings. The van der Waals surface area contributed by atoms with E-state index < -0.39 is 9.84 Å². The summed E-state index contributed by atoms with van der Waals surface area (Å²) >= 11 is 0. The van der Waals surface area contributed by atoms with Crippen LogP contribution in [0, 0.1) is 5.92 Å². The minimum absolute atomic E-state index is 0.0977. The van der Waals surface area contributed by atoms with Crippen molar-refractivity contribution in [3.05, 3.63) is 24.3 Å². The van der Waals surface area contributed by atoms with E-state index in [4.69, 9.17) is 4.74 Å². The predicted molar refractivity (Wildman–Crippen MR) is 76.5 cm³/mol. The van der Waals surface area contributed by atoms with E-state index in [0.29, 0.717) is 11.4 Å². The average Bonchev–Trinajstić information content (AvgIpc) is 2.96. The molecule has 1 heterocycles. The van der Waals surface area contributed by atoms with Crippen LogP contribution in [0.15, 0.2) is 29.2 Å². The van der Waals surface area contributed by atoms with E-state index >= 15 is 0 Å². The first-order chi connectivity index (χ1) is 9.47. The Balaban J connectivity index is 2.10. The van der Waals surface area contributed by atoms with Crippen molar-refractivity contribution in [2.45, 2.75) is 18.2 Å². The molecule has 0 aliphatic carbocycles. The van der Waals surface area contributed by atoms with Gasteiger partial charge in [-0.05, 0) is 30.7 Å². The second-order valence-electron chi connectivity index (χ2n) is 4.85. The largest absolute Gasteiger partial charge is 0.469 e. The van der Waals surface area contributed by atoms with Crippen molar-refractivity contribution in [2.24, 2.45) is 5.92 Å². The number of esters is 1. The van der Waals surface area contributed by atoms with Crippen LogP contribution in [0.5, 0.6) is 0 Å². The van der Waals surface area contributed by atoms with Crippen molar-refractivity contribution in [3.8, 4) is 0 Å². The number of sulfone groups is 1. The van der Waals surface area contributed by atoms with Gasteiger partial charge in [-0.1, -0.05) is 6.92 Å². The topological polar surface area (TPSA) is 63.7 Å². The number of benzene rings is 1. The Labute approximate surface area is 119 Å². The second kappa shape index (κ2) is 5.83. The molecule has 0 amide bonds. The Hall–Kier alpha value is -1.56. The van der Waals surface area contributed by atoms with Crippen LogP contribution in [-0.2, 0) is 19.4 Å². The van der Waals surface area contributed by atoms with Gasteiger partial charge in [-0.25, -0.2) is 8.42 Å². The molecule has 1 aromatic carbocycles. The van der Waals surface area contributed by atoms with E-state index in [1.807, 2.05) is 0 Å². The van der Waals surface area contributed by atoms with Crippen LogP contribution in [0.3, 0.4) is 0 Å². The van der Waals surface area contributed by atoms with Crippen LogP contribution in [0.1, 0.15) is 13.3 Å². The van der Waals surface area contributed by atoms with E-state index in [2.05, 4.69) is 4.90 Å². The van der Waals surface area contributed by atoms with Gasteiger partial charge in [0.1, 0.15) is 0 Å². The highest BCUT2D eigenvalue weighted by Crippen LogP contribution is 2.25. The summed E-state index contributed by atoms with van der Waals surface area (Å²) in [7, 11) is -1.76. The molecule has 5 nitrogen and oxygen atoms in total. The number of carbonyl (C=O) groups is 1. The summed E-state index contributed by atoms with van der Waals surface area (Å²) in [5, 5.41) is 0. The van der Waals surface area contributed by atoms with Gasteiger partial charge in [0.05, 0.1) is 23.7 Å². The van der Waals surface area contributed by atoms with Gasteiger partial charge >= 0.3 is 5.97 Å². The van der Waals surface area contributed by atoms with E-state index in [1.54, 1.807) is 31.2 Å². The van der Waals surface area contributed by atoms with Crippen molar-refractivity contribution >= 4 is 21.5 Å². The molecule has 0 bridgehead atoms. The summed E-state index contributed by atoms with van der Waals surface area (Å²) in [6, 6.07) is 6.84. The third kappa shape index (κ3) is 2.95. The van der Waals surface area contributed by atoms with Gasteiger partial charge in [0, 0.05) is 18.8 Å². The lowest BCUT2D eigenvalue weighted by Gasteiger charge is -2.18. The molecular weight excluding hydrogens is 278 g/mol. The van der Waals surface area contributed by atoms with Crippen molar-refractivity contribution in [1.29, 1.82) is 0 Å². The third-order valence-electron chi connectivity index (χ3n) is 3.66. The quantitative estimate of drug-likeness (QED) is 0.788. The van der Waals surface area contributed by atoms with E-state index in [0.717, 1.165) is 18.7 Å². The first kappa shape index (κ1) is 14.8. The Bertz CT molecular complexity index is 580. The van der Waals surface area contributed by atoms with Gasteiger partial charge < -0.3 is 9.64 Å². The molecule has 0 aromatic heterocycles. The normalized spacial score (nSPS) is 19.1. The molecule has 1 unspecified atom stereocenters. The van der Waals surface area contributed by atoms with Gasteiger partial charge in [-0.3, -0.25) is 4.79 Å². The van der Waals surface area contributed by atoms with Gasteiger partial charge in [0.2, 0.25) is 0 Å². The third-order valence-corrected chi connectivity index (χ3v) is 5.41. The van der Waals surface area contributed by atoms with Crippen LogP contribution >= 0.6 is 0 Å². The minimum Gasteiger partial charge on any atom is -0.469 e. The summed E-state index contributed by atoms with van der Waals surface area (Å²) in [4.78, 5) is 13.9. The number of nitrogens with zero attached hydrogens (tertiary/aromatic N) is 1. The zero-order chi connectivity index (χ0) is 14.8. The maximum atomic E-state index is 11.7. The number of hydrogen-bond donors (Lipinski definition) is 0. The maximum absolute atomic E-state index is 11.7. The molecule has 1 aliphatic heterocycles. The Morgan fingerprint density at radius 1 is 1.35 bits per heavy atom. The van der Waals surface area contributed by atoms with E-state index in [9.17, 15) is 13.2 Å². The van der Waals surface area contributed by atoms with Crippen molar-refractivity contribution in [2.75, 3.05) is 30.9 Å². The van der Waals surface area contributed by atoms with Gasteiger partial charge in [-0.15, -0.1) is 0 Å². The van der Waals surface area contributed by atoms with Gasteiger partial charge in [-0.2, -0.15) is 0 Å². The molecular formula is C14H19NO4S. The standard InChI is InChI=1S/C14H19NO4S/c1-3-20(17,18)13-6-4-12(5-7-13)15-9-8-11(10-15)14(16)19-2/h4-7,11H,3,8-10H2,1-2H3. The highest BCUT2D eigenvalue weighted by Gasteiger charge is 2.29. The molecule has 0 N–H and O–H groups in total. The Morgan fingerprint density at radius 2 is 2.00 bits per heavy atom. The first-order valence-electron chi connectivity index (χ1n) is 6.63. The predicted octanol–water partition coefficient (Wildman–Crippen LogP) is 1.48. The van der Waals surface area contributed by atoms with Gasteiger partial charge in [0.15, 0.2) is 9.84 Å². The van der Waals surface area contributed by atoms with Crippen LogP contribution in [0.25, 0.3) is 0 Å². The monoisotopic (exact) mass is 297 g/mol. The van der Waals surface area contributed by atoms with E-state index in [-0.39, 0.29) is 17.6 Å². The molecule has 110 valence electrons. The van der Waals surface area contributed by atoms with Crippen LogP contribution < -0.4 is 4.90 Å². The van der Waals surface area contributed by atoms with E-state index in [1.165, 1.54) is 7.11 Å². The molecule has 20 heavy (non-hydrogen) atoms. The fourth-order valence-corrected chi connectivity index (χ4v) is 3.27. The molecule has 0 spiro atoms. The summed E-state index contributed by atoms with van der Waals surface area (Å²) in [6.07, 6.45) is 0.766. The summed E-state index contributed by atoms with van der Waals surface area (Å²) < 4.78 is 28.2. The fraction of sp³-hybridized carbons (Fsp3) is 0.500. The second-order valence-corrected chi connectivity index (χ2v) is 7.13. The maximum Gasteiger partial charge on any atom is 0.310 e. The molecule has 1 aromatic rings. The highest BCUT2D eigenvalue weighted by molar-refractivity contribution is 7.91. The summed E-state index contributed by atoms with van der Waals surface area (Å²) in [5.74, 6) is -0.183. The first-order valence-corrected chi connectivity index (χ1v) is 8.28. The number of ether oxygens (including phenoxy) is 1. The molecule has 6 heteroatoms. The summed E-state index contributed by atoms with van der Waals surface area (Å²) in [6.45, 7) is 3.02.